The molecule has 2 aromatic carbocycles. The van der Waals surface area contributed by atoms with Crippen LogP contribution < -0.4 is 0 Å². The van der Waals surface area contributed by atoms with Crippen molar-refractivity contribution >= 4 is 27.5 Å². The number of rotatable bonds is 3. The highest BCUT2D eigenvalue weighted by molar-refractivity contribution is 9.10. The summed E-state index contributed by atoms with van der Waals surface area (Å²) in [6.45, 7) is 3.88. The summed E-state index contributed by atoms with van der Waals surface area (Å²) in [5, 5.41) is 10.7. The Morgan fingerprint density at radius 3 is 2.60 bits per heavy atom. The highest BCUT2D eigenvalue weighted by Crippen LogP contribution is 2.30. The Morgan fingerprint density at radius 1 is 1.25 bits per heavy atom. The molecule has 106 valence electrons. The number of hydrogen-bond acceptors (Lipinski definition) is 1. The van der Waals surface area contributed by atoms with Crippen molar-refractivity contribution in [3.63, 3.8) is 0 Å². The van der Waals surface area contributed by atoms with Crippen LogP contribution >= 0.6 is 27.5 Å². The lowest BCUT2D eigenvalue weighted by Crippen LogP contribution is -2.06. The molecular weight excluding hydrogens is 343 g/mol. The Balaban J connectivity index is 2.33. The maximum atomic E-state index is 13.8. The number of aliphatic hydroxyl groups excluding tert-OH is 1. The van der Waals surface area contributed by atoms with Gasteiger partial charge >= 0.3 is 0 Å². The number of aliphatic hydroxyl groups is 1. The van der Waals surface area contributed by atoms with Gasteiger partial charge in [-0.3, -0.25) is 0 Å². The molecule has 1 N–H and O–H groups in total. The molecule has 4 heteroatoms. The molecule has 0 radical (unpaired) electrons. The molecule has 0 aliphatic rings. The predicted octanol–water partition coefficient (Wildman–Crippen LogP) is 5.13. The zero-order valence-electron chi connectivity index (χ0n) is 11.3. The van der Waals surface area contributed by atoms with Gasteiger partial charge in [-0.2, -0.15) is 0 Å². The molecule has 20 heavy (non-hydrogen) atoms. The Kier molecular flexibility index (Phi) is 4.84. The molecule has 1 nitrogen and oxygen atoms in total. The lowest BCUT2D eigenvalue weighted by atomic mass is 9.96. The van der Waals surface area contributed by atoms with Gasteiger partial charge in [0, 0.05) is 21.5 Å². The molecule has 0 fully saturated rings. The van der Waals surface area contributed by atoms with Crippen molar-refractivity contribution in [2.24, 2.45) is 0 Å². The fourth-order valence-corrected chi connectivity index (χ4v) is 2.89. The Bertz CT molecular complexity index is 622. The maximum Gasteiger partial charge on any atom is 0.127 e. The van der Waals surface area contributed by atoms with Gasteiger partial charge in [0.05, 0.1) is 6.10 Å². The lowest BCUT2D eigenvalue weighted by Gasteiger charge is -2.16. The Labute approximate surface area is 131 Å². The van der Waals surface area contributed by atoms with Crippen LogP contribution in [0.15, 0.2) is 34.8 Å². The van der Waals surface area contributed by atoms with E-state index in [2.05, 4.69) is 15.9 Å². The van der Waals surface area contributed by atoms with Crippen molar-refractivity contribution in [1.82, 2.24) is 0 Å². The van der Waals surface area contributed by atoms with Gasteiger partial charge in [0.15, 0.2) is 0 Å². The van der Waals surface area contributed by atoms with Crippen molar-refractivity contribution in [2.75, 3.05) is 0 Å². The largest absolute Gasteiger partial charge is 0.388 e. The van der Waals surface area contributed by atoms with E-state index in [9.17, 15) is 9.50 Å². The van der Waals surface area contributed by atoms with E-state index >= 15 is 0 Å². The predicted molar refractivity (Wildman–Crippen MR) is 83.7 cm³/mol. The van der Waals surface area contributed by atoms with Gasteiger partial charge in [-0.25, -0.2) is 4.39 Å². The Morgan fingerprint density at radius 2 is 1.95 bits per heavy atom. The van der Waals surface area contributed by atoms with E-state index in [1.54, 1.807) is 12.1 Å². The van der Waals surface area contributed by atoms with Crippen LogP contribution in [0.4, 0.5) is 4.39 Å². The fraction of sp³-hybridized carbons (Fsp3) is 0.250. The topological polar surface area (TPSA) is 20.2 Å². The summed E-state index contributed by atoms with van der Waals surface area (Å²) in [5.41, 5.74) is 3.14. The Hall–Kier alpha value is -0.900. The number of benzene rings is 2. The van der Waals surface area contributed by atoms with Gasteiger partial charge in [0.1, 0.15) is 5.82 Å². The molecule has 2 rings (SSSR count). The van der Waals surface area contributed by atoms with E-state index in [-0.39, 0.29) is 12.2 Å². The first kappa shape index (κ1) is 15.5. The molecule has 0 aliphatic heterocycles. The summed E-state index contributed by atoms with van der Waals surface area (Å²) in [5.74, 6) is -0.386. The van der Waals surface area contributed by atoms with Gasteiger partial charge in [-0.15, -0.1) is 0 Å². The molecule has 0 aliphatic carbocycles. The third kappa shape index (κ3) is 3.22. The maximum absolute atomic E-state index is 13.8. The first-order valence-electron chi connectivity index (χ1n) is 6.27. The number of halogens is 3. The van der Waals surface area contributed by atoms with Gasteiger partial charge in [0.25, 0.3) is 0 Å². The van der Waals surface area contributed by atoms with E-state index in [1.807, 2.05) is 26.0 Å². The summed E-state index contributed by atoms with van der Waals surface area (Å²) >= 11 is 9.46. The molecular formula is C16H15BrClFO. The third-order valence-corrected chi connectivity index (χ3v) is 4.57. The highest BCUT2D eigenvalue weighted by atomic mass is 79.9. The van der Waals surface area contributed by atoms with Crippen LogP contribution in [0.3, 0.4) is 0 Å². The van der Waals surface area contributed by atoms with Crippen LogP contribution in [-0.4, -0.2) is 5.11 Å². The van der Waals surface area contributed by atoms with E-state index < -0.39 is 6.10 Å². The van der Waals surface area contributed by atoms with E-state index in [0.29, 0.717) is 10.6 Å². The summed E-state index contributed by atoms with van der Waals surface area (Å²) in [6, 6.07) is 8.41. The normalized spacial score (nSPS) is 12.5. The molecule has 0 amide bonds. The molecule has 1 atom stereocenters. The second-order valence-corrected chi connectivity index (χ2v) is 6.14. The number of aryl methyl sites for hydroxylation is 2. The average molecular weight is 358 g/mol. The molecule has 0 aromatic heterocycles. The van der Waals surface area contributed by atoms with Crippen LogP contribution in [0.25, 0.3) is 0 Å². The first-order chi connectivity index (χ1) is 9.40. The molecule has 2 aromatic rings. The van der Waals surface area contributed by atoms with Crippen LogP contribution in [0.1, 0.15) is 28.4 Å². The van der Waals surface area contributed by atoms with Crippen LogP contribution in [0.2, 0.25) is 5.02 Å². The monoisotopic (exact) mass is 356 g/mol. The minimum atomic E-state index is -0.781. The SMILES string of the molecule is Cc1cc(C(O)Cc2c(F)cccc2Cl)c(C)cc1Br. The lowest BCUT2D eigenvalue weighted by molar-refractivity contribution is 0.176. The van der Waals surface area contributed by atoms with Gasteiger partial charge in [-0.05, 0) is 48.7 Å². The average Bonchev–Trinajstić information content (AvgIpc) is 2.38. The summed E-state index contributed by atoms with van der Waals surface area (Å²) < 4.78 is 14.8. The van der Waals surface area contributed by atoms with Crippen molar-refractivity contribution in [2.45, 2.75) is 26.4 Å². The zero-order chi connectivity index (χ0) is 14.9. The van der Waals surface area contributed by atoms with Crippen molar-refractivity contribution in [1.29, 1.82) is 0 Å². The second-order valence-electron chi connectivity index (χ2n) is 4.88. The van der Waals surface area contributed by atoms with E-state index in [4.69, 9.17) is 11.6 Å². The minimum Gasteiger partial charge on any atom is -0.388 e. The van der Waals surface area contributed by atoms with Crippen LogP contribution in [0.5, 0.6) is 0 Å². The van der Waals surface area contributed by atoms with Gasteiger partial charge in [0.2, 0.25) is 0 Å². The van der Waals surface area contributed by atoms with Crippen molar-refractivity contribution in [3.8, 4) is 0 Å². The quantitative estimate of drug-likeness (QED) is 0.807. The highest BCUT2D eigenvalue weighted by Gasteiger charge is 2.17. The van der Waals surface area contributed by atoms with Crippen molar-refractivity contribution < 1.29 is 9.50 Å². The molecule has 0 heterocycles. The smallest absolute Gasteiger partial charge is 0.127 e. The summed E-state index contributed by atoms with van der Waals surface area (Å²) in [4.78, 5) is 0. The van der Waals surface area contributed by atoms with Crippen LogP contribution in [0, 0.1) is 19.7 Å². The molecule has 0 saturated carbocycles. The van der Waals surface area contributed by atoms with E-state index in [1.165, 1.54) is 6.07 Å². The zero-order valence-corrected chi connectivity index (χ0v) is 13.6. The van der Waals surface area contributed by atoms with Gasteiger partial charge < -0.3 is 5.11 Å². The number of hydrogen-bond donors (Lipinski definition) is 1. The standard InChI is InChI=1S/C16H15BrClFO/c1-9-7-13(17)10(2)6-11(9)16(20)8-12-14(18)4-3-5-15(12)19/h3-7,16,20H,8H2,1-2H3. The molecule has 1 unspecified atom stereocenters. The van der Waals surface area contributed by atoms with Crippen LogP contribution in [-0.2, 0) is 6.42 Å². The fourth-order valence-electron chi connectivity index (χ4n) is 2.19. The molecule has 0 spiro atoms. The first-order valence-corrected chi connectivity index (χ1v) is 7.45. The van der Waals surface area contributed by atoms with E-state index in [0.717, 1.165) is 21.2 Å². The second kappa shape index (κ2) is 6.25. The van der Waals surface area contributed by atoms with Gasteiger partial charge in [-0.1, -0.05) is 39.7 Å². The third-order valence-electron chi connectivity index (χ3n) is 3.37. The molecule has 0 saturated heterocycles. The minimum absolute atomic E-state index is 0.160. The molecule has 0 bridgehead atoms. The van der Waals surface area contributed by atoms with Crippen molar-refractivity contribution in [3.05, 3.63) is 67.9 Å². The summed E-state index contributed by atoms with van der Waals surface area (Å²) in [7, 11) is 0. The summed E-state index contributed by atoms with van der Waals surface area (Å²) in [6.07, 6.45) is -0.621.